The van der Waals surface area contributed by atoms with Crippen LogP contribution >= 0.6 is 0 Å². The molecule has 4 heteroatoms. The van der Waals surface area contributed by atoms with Crippen LogP contribution in [0.3, 0.4) is 0 Å². The highest BCUT2D eigenvalue weighted by atomic mass is 15.0. The molecule has 72 heavy (non-hydrogen) atoms. The van der Waals surface area contributed by atoms with E-state index in [4.69, 9.17) is 0 Å². The molecule has 0 N–H and O–H groups in total. The van der Waals surface area contributed by atoms with E-state index in [1.807, 2.05) is 0 Å². The minimum absolute atomic E-state index is 1.05. The maximum atomic E-state index is 2.38. The van der Waals surface area contributed by atoms with Crippen LogP contribution in [-0.4, -0.2) is 18.3 Å². The molecule has 12 bridgehead atoms. The Balaban J connectivity index is 1.14. The van der Waals surface area contributed by atoms with Crippen LogP contribution in [-0.2, 0) is 0 Å². The van der Waals surface area contributed by atoms with E-state index in [1.165, 1.54) is 21.5 Å². The Hall–Kier alpha value is -9.64. The normalized spacial score (nSPS) is 11.3. The van der Waals surface area contributed by atoms with Gasteiger partial charge < -0.3 is 18.3 Å². The number of nitrogens with zero attached hydrogens (tertiary/aromatic N) is 4. The summed E-state index contributed by atoms with van der Waals surface area (Å²) in [6, 6.07) is 106. The van der Waals surface area contributed by atoms with Crippen LogP contribution in [0.1, 0.15) is 0 Å². The van der Waals surface area contributed by atoms with Crippen molar-refractivity contribution < 1.29 is 0 Å². The first-order valence-electron chi connectivity index (χ1n) is 24.6. The summed E-state index contributed by atoms with van der Waals surface area (Å²) in [7, 11) is 0. The van der Waals surface area contributed by atoms with E-state index in [-0.39, 0.29) is 0 Å². The first-order valence-corrected chi connectivity index (χ1v) is 24.6. The molecule has 0 amide bonds. The van der Waals surface area contributed by atoms with E-state index < -0.39 is 0 Å². The Morgan fingerprint density at radius 2 is 0.389 bits per heavy atom. The van der Waals surface area contributed by atoms with Crippen molar-refractivity contribution in [1.82, 2.24) is 18.3 Å². The lowest BCUT2D eigenvalue weighted by Gasteiger charge is -2.15. The number of hydrogen-bond donors (Lipinski definition) is 0. The zero-order valence-corrected chi connectivity index (χ0v) is 39.5. The zero-order chi connectivity index (χ0) is 47.8. The molecule has 19 aromatic rings. The SMILES string of the molecule is c1ccc(-n2c3ccc(cc3)c3ccc(cc3)n(-c3ccc4ccccc4c3)c3cccc(c3)n(-c3ccc4ccccc4c3)c3ccc(cc3)c3ccc(cc3)n(-c3ccccc3)c3cccc2c3)cc1. The number of hydrogen-bond acceptors (Lipinski definition) is 0. The van der Waals surface area contributed by atoms with E-state index in [0.29, 0.717) is 0 Å². The molecule has 0 aliphatic rings. The first-order chi connectivity index (χ1) is 35.7. The van der Waals surface area contributed by atoms with Gasteiger partial charge in [-0.1, -0.05) is 158 Å². The molecule has 12 aromatic carbocycles. The Morgan fingerprint density at radius 3 is 0.708 bits per heavy atom. The fourth-order valence-electron chi connectivity index (χ4n) is 10.3. The largest absolute Gasteiger partial charge is 0.310 e. The van der Waals surface area contributed by atoms with E-state index >= 15 is 0 Å². The number of fused-ring (bicyclic) bond motifs is 2. The molecule has 7 aromatic heterocycles. The van der Waals surface area contributed by atoms with Crippen molar-refractivity contribution in [2.45, 2.75) is 0 Å². The highest BCUT2D eigenvalue weighted by molar-refractivity contribution is 5.90. The van der Waals surface area contributed by atoms with Crippen LogP contribution in [0.4, 0.5) is 0 Å². The smallest absolute Gasteiger partial charge is 0.0482 e. The summed E-state index contributed by atoms with van der Waals surface area (Å²) in [5.74, 6) is 0. The first kappa shape index (κ1) is 42.5. The van der Waals surface area contributed by atoms with Crippen molar-refractivity contribution in [2.75, 3.05) is 0 Å². The third-order valence-electron chi connectivity index (χ3n) is 13.9. The molecular formula is C68H48N4. The van der Waals surface area contributed by atoms with Gasteiger partial charge in [-0.3, -0.25) is 0 Å². The lowest BCUT2D eigenvalue weighted by molar-refractivity contribution is 1.14. The minimum atomic E-state index is 1.05. The van der Waals surface area contributed by atoms with E-state index in [0.717, 1.165) is 88.4 Å². The van der Waals surface area contributed by atoms with Gasteiger partial charge in [0.15, 0.2) is 0 Å². The summed E-state index contributed by atoms with van der Waals surface area (Å²) in [5, 5.41) is 9.37. The van der Waals surface area contributed by atoms with E-state index in [2.05, 4.69) is 309 Å². The third kappa shape index (κ3) is 8.07. The summed E-state index contributed by atoms with van der Waals surface area (Å²) in [6.45, 7) is 0. The monoisotopic (exact) mass is 920 g/mol. The van der Waals surface area contributed by atoms with Crippen LogP contribution in [0.25, 0.3) is 110 Å². The molecule has 0 aliphatic carbocycles. The van der Waals surface area contributed by atoms with Gasteiger partial charge in [0.25, 0.3) is 0 Å². The summed E-state index contributed by atoms with van der Waals surface area (Å²) in [4.78, 5) is 0. The molecule has 0 saturated carbocycles. The van der Waals surface area contributed by atoms with Crippen LogP contribution in [0.5, 0.6) is 0 Å². The van der Waals surface area contributed by atoms with Gasteiger partial charge in [0.05, 0.1) is 0 Å². The Morgan fingerprint density at radius 1 is 0.139 bits per heavy atom. The quantitative estimate of drug-likeness (QED) is 0.168. The molecule has 0 aliphatic heterocycles. The van der Waals surface area contributed by atoms with Crippen LogP contribution in [0.15, 0.2) is 291 Å². The van der Waals surface area contributed by atoms with Crippen molar-refractivity contribution >= 4 is 87.2 Å². The van der Waals surface area contributed by atoms with Gasteiger partial charge in [-0.05, 0) is 177 Å². The van der Waals surface area contributed by atoms with E-state index in [1.54, 1.807) is 0 Å². The predicted octanol–water partition coefficient (Wildman–Crippen LogP) is 18.0. The maximum absolute atomic E-state index is 2.38. The second kappa shape index (κ2) is 18.4. The highest BCUT2D eigenvalue weighted by Gasteiger charge is 2.09. The van der Waals surface area contributed by atoms with Crippen molar-refractivity contribution in [3.05, 3.63) is 291 Å². The second-order valence-electron chi connectivity index (χ2n) is 18.3. The fourth-order valence-corrected chi connectivity index (χ4v) is 10.3. The summed E-state index contributed by atoms with van der Waals surface area (Å²) < 4.78 is 9.44. The molecule has 19 rings (SSSR count). The molecule has 0 spiro atoms. The molecule has 0 atom stereocenters. The molecule has 340 valence electrons. The van der Waals surface area contributed by atoms with Gasteiger partial charge in [-0.15, -0.1) is 0 Å². The van der Waals surface area contributed by atoms with Gasteiger partial charge in [-0.2, -0.15) is 0 Å². The standard InChI is InChI=1S/C68H48N4/c1-3-17-57(18-4-1)69-59-35-25-51(26-36-59)53-29-39-61(40-30-53)71(67-43-33-49-13-7-9-15-55(49)45-67)65-23-12-24-66(48-65)72(68-44-34-50-14-8-10-16-56(50)46-68)62-41-31-54(32-42-62)52-27-37-60(38-28-52)70(58-19-5-2-6-20-58)64-22-11-21-63(69)47-64/h1-48H. The van der Waals surface area contributed by atoms with Crippen LogP contribution in [0.2, 0.25) is 0 Å². The zero-order valence-electron chi connectivity index (χ0n) is 39.5. The van der Waals surface area contributed by atoms with Crippen molar-refractivity contribution in [3.8, 4) is 22.7 Å². The van der Waals surface area contributed by atoms with Gasteiger partial charge in [0.1, 0.15) is 0 Å². The summed E-state index contributed by atoms with van der Waals surface area (Å²) in [6.07, 6.45) is 0. The average molecular weight is 921 g/mol. The lowest BCUT2D eigenvalue weighted by Crippen LogP contribution is -2.00. The Labute approximate surface area is 417 Å². The molecule has 0 unspecified atom stereocenters. The number of benzene rings is 12. The highest BCUT2D eigenvalue weighted by Crippen LogP contribution is 2.29. The number of aromatic nitrogens is 4. The summed E-state index contributed by atoms with van der Waals surface area (Å²) in [5.41, 5.74) is 12.8. The van der Waals surface area contributed by atoms with Crippen LogP contribution in [0, 0.1) is 0 Å². The third-order valence-corrected chi connectivity index (χ3v) is 13.9. The summed E-state index contributed by atoms with van der Waals surface area (Å²) >= 11 is 0. The maximum Gasteiger partial charge on any atom is 0.0482 e. The van der Waals surface area contributed by atoms with Gasteiger partial charge in [0, 0.05) is 66.9 Å². The van der Waals surface area contributed by atoms with Crippen LogP contribution < -0.4 is 0 Å². The molecule has 0 radical (unpaired) electrons. The molecule has 0 saturated heterocycles. The second-order valence-corrected chi connectivity index (χ2v) is 18.3. The van der Waals surface area contributed by atoms with Crippen molar-refractivity contribution in [1.29, 1.82) is 0 Å². The molecular weight excluding hydrogens is 873 g/mol. The fraction of sp³-hybridized carbons (Fsp3) is 0. The van der Waals surface area contributed by atoms with Gasteiger partial charge in [-0.25, -0.2) is 0 Å². The number of para-hydroxylation sites is 2. The molecule has 4 nitrogen and oxygen atoms in total. The van der Waals surface area contributed by atoms with E-state index in [9.17, 15) is 0 Å². The van der Waals surface area contributed by atoms with Gasteiger partial charge >= 0.3 is 0 Å². The molecule has 7 heterocycles. The Kier molecular flexibility index (Phi) is 10.8. The Bertz CT molecular complexity index is 4090. The van der Waals surface area contributed by atoms with Crippen molar-refractivity contribution in [3.63, 3.8) is 0 Å². The van der Waals surface area contributed by atoms with Crippen molar-refractivity contribution in [2.24, 2.45) is 0 Å². The number of rotatable bonds is 4. The predicted molar refractivity (Wildman–Crippen MR) is 305 cm³/mol. The lowest BCUT2D eigenvalue weighted by atomic mass is 10.1. The minimum Gasteiger partial charge on any atom is -0.310 e. The topological polar surface area (TPSA) is 19.7 Å². The van der Waals surface area contributed by atoms with Gasteiger partial charge in [0.2, 0.25) is 0 Å². The average Bonchev–Trinajstić information content (AvgIpc) is 3.45. The molecule has 0 fully saturated rings.